The largest absolute Gasteiger partial charge is 0.366 e. The van der Waals surface area contributed by atoms with Crippen molar-refractivity contribution in [1.29, 1.82) is 0 Å². The number of hydrogen-bond donors (Lipinski definition) is 0. The zero-order valence-corrected chi connectivity index (χ0v) is 10.5. The first kappa shape index (κ1) is 13.1. The van der Waals surface area contributed by atoms with Crippen molar-refractivity contribution in [2.75, 3.05) is 19.7 Å². The van der Waals surface area contributed by atoms with Gasteiger partial charge in [-0.3, -0.25) is 4.79 Å². The number of terminal acetylenes is 1. The molecule has 90 valence electrons. The lowest BCUT2D eigenvalue weighted by Crippen LogP contribution is -2.38. The summed E-state index contributed by atoms with van der Waals surface area (Å²) in [6.45, 7) is 7.11. The van der Waals surface area contributed by atoms with Gasteiger partial charge in [-0.05, 0) is 39.5 Å². The fourth-order valence-electron chi connectivity index (χ4n) is 1.35. The van der Waals surface area contributed by atoms with E-state index in [4.69, 9.17) is 11.2 Å². The fraction of sp³-hybridized carbons (Fsp3) is 0.769. The average molecular weight is 223 g/mol. The van der Waals surface area contributed by atoms with Gasteiger partial charge >= 0.3 is 0 Å². The highest BCUT2D eigenvalue weighted by molar-refractivity contribution is 5.77. The van der Waals surface area contributed by atoms with E-state index in [2.05, 4.69) is 5.92 Å². The number of carbonyl (C=O) groups is 1. The smallest absolute Gasteiger partial charge is 0.249 e. The summed E-state index contributed by atoms with van der Waals surface area (Å²) in [5.74, 6) is 3.19. The molecule has 0 aromatic heterocycles. The molecule has 0 radical (unpaired) electrons. The summed E-state index contributed by atoms with van der Waals surface area (Å²) >= 11 is 0. The van der Waals surface area contributed by atoms with Crippen molar-refractivity contribution in [2.45, 2.75) is 39.2 Å². The van der Waals surface area contributed by atoms with Crippen LogP contribution in [0.3, 0.4) is 0 Å². The van der Waals surface area contributed by atoms with Gasteiger partial charge in [0.15, 0.2) is 0 Å². The zero-order chi connectivity index (χ0) is 12.2. The number of nitrogens with zero attached hydrogens (tertiary/aromatic N) is 1. The second-order valence-corrected chi connectivity index (χ2v) is 5.32. The summed E-state index contributed by atoms with van der Waals surface area (Å²) in [5, 5.41) is 0. The van der Waals surface area contributed by atoms with Crippen molar-refractivity contribution in [3.8, 4) is 12.3 Å². The first-order valence-electron chi connectivity index (χ1n) is 5.77. The Balaban J connectivity index is 2.37. The van der Waals surface area contributed by atoms with E-state index in [1.807, 2.05) is 20.8 Å². The second kappa shape index (κ2) is 5.36. The van der Waals surface area contributed by atoms with E-state index in [1.54, 1.807) is 4.90 Å². The summed E-state index contributed by atoms with van der Waals surface area (Å²) < 4.78 is 5.46. The third kappa shape index (κ3) is 5.18. The quantitative estimate of drug-likeness (QED) is 0.664. The van der Waals surface area contributed by atoms with Crippen LogP contribution in [0, 0.1) is 18.3 Å². The number of carbonyl (C=O) groups excluding carboxylic acids is 1. The number of hydrogen-bond acceptors (Lipinski definition) is 2. The maximum atomic E-state index is 11.8. The molecule has 0 saturated heterocycles. The number of rotatable bonds is 5. The van der Waals surface area contributed by atoms with E-state index in [0.29, 0.717) is 12.5 Å². The molecule has 0 aromatic carbocycles. The van der Waals surface area contributed by atoms with Crippen molar-refractivity contribution in [3.05, 3.63) is 0 Å². The van der Waals surface area contributed by atoms with E-state index in [9.17, 15) is 4.79 Å². The lowest BCUT2D eigenvalue weighted by molar-refractivity contribution is -0.140. The van der Waals surface area contributed by atoms with Crippen LogP contribution in [0.5, 0.6) is 0 Å². The molecule has 1 amide bonds. The predicted molar refractivity (Wildman–Crippen MR) is 63.8 cm³/mol. The molecule has 1 saturated carbocycles. The normalized spacial score (nSPS) is 15.6. The molecule has 1 aliphatic carbocycles. The van der Waals surface area contributed by atoms with Gasteiger partial charge in [0.2, 0.25) is 5.91 Å². The van der Waals surface area contributed by atoms with Crippen LogP contribution in [0.15, 0.2) is 0 Å². The second-order valence-electron chi connectivity index (χ2n) is 5.32. The SMILES string of the molecule is C#CCN(CC1CC1)C(=O)COC(C)(C)C. The molecule has 1 aliphatic rings. The third-order valence-electron chi connectivity index (χ3n) is 2.44. The predicted octanol–water partition coefficient (Wildman–Crippen LogP) is 1.67. The van der Waals surface area contributed by atoms with Crippen molar-refractivity contribution in [3.63, 3.8) is 0 Å². The molecule has 3 nitrogen and oxygen atoms in total. The van der Waals surface area contributed by atoms with Crippen molar-refractivity contribution in [1.82, 2.24) is 4.90 Å². The highest BCUT2D eigenvalue weighted by Gasteiger charge is 2.26. The van der Waals surface area contributed by atoms with Crippen LogP contribution in [-0.4, -0.2) is 36.1 Å². The summed E-state index contributed by atoms with van der Waals surface area (Å²) in [7, 11) is 0. The average Bonchev–Trinajstić information content (AvgIpc) is 2.96. The molecule has 0 aliphatic heterocycles. The molecule has 0 bridgehead atoms. The van der Waals surface area contributed by atoms with E-state index in [0.717, 1.165) is 6.54 Å². The summed E-state index contributed by atoms with van der Waals surface area (Å²) in [6, 6.07) is 0. The first-order valence-corrected chi connectivity index (χ1v) is 5.77. The van der Waals surface area contributed by atoms with Crippen LogP contribution < -0.4 is 0 Å². The molecule has 0 atom stereocenters. The van der Waals surface area contributed by atoms with Crippen LogP contribution in [0.2, 0.25) is 0 Å². The van der Waals surface area contributed by atoms with E-state index in [-0.39, 0.29) is 18.1 Å². The molecule has 0 heterocycles. The minimum absolute atomic E-state index is 0.000208. The van der Waals surface area contributed by atoms with Gasteiger partial charge in [0.1, 0.15) is 6.61 Å². The van der Waals surface area contributed by atoms with Crippen molar-refractivity contribution >= 4 is 5.91 Å². The summed E-state index contributed by atoms with van der Waals surface area (Å²) in [4.78, 5) is 13.6. The minimum Gasteiger partial charge on any atom is -0.366 e. The van der Waals surface area contributed by atoms with Crippen LogP contribution >= 0.6 is 0 Å². The highest BCUT2D eigenvalue weighted by Crippen LogP contribution is 2.29. The molecule has 1 rings (SSSR count). The standard InChI is InChI=1S/C13H21NO2/c1-5-8-14(9-11-6-7-11)12(15)10-16-13(2,3)4/h1,11H,6-10H2,2-4H3. The van der Waals surface area contributed by atoms with E-state index < -0.39 is 0 Å². The Morgan fingerprint density at radius 2 is 2.12 bits per heavy atom. The highest BCUT2D eigenvalue weighted by atomic mass is 16.5. The van der Waals surface area contributed by atoms with Gasteiger partial charge in [0.05, 0.1) is 12.1 Å². The molecular weight excluding hydrogens is 202 g/mol. The van der Waals surface area contributed by atoms with Crippen molar-refractivity contribution in [2.24, 2.45) is 5.92 Å². The summed E-state index contributed by atoms with van der Waals surface area (Å²) in [6.07, 6.45) is 7.69. The van der Waals surface area contributed by atoms with Gasteiger partial charge in [-0.15, -0.1) is 6.42 Å². The van der Waals surface area contributed by atoms with Crippen molar-refractivity contribution < 1.29 is 9.53 Å². The van der Waals surface area contributed by atoms with Gasteiger partial charge < -0.3 is 9.64 Å². The Labute approximate surface area is 98.1 Å². The topological polar surface area (TPSA) is 29.5 Å². The van der Waals surface area contributed by atoms with Gasteiger partial charge in [0, 0.05) is 6.54 Å². The Hall–Kier alpha value is -1.01. The van der Waals surface area contributed by atoms with Crippen LogP contribution in [0.4, 0.5) is 0 Å². The maximum Gasteiger partial charge on any atom is 0.249 e. The first-order chi connectivity index (χ1) is 7.42. The monoisotopic (exact) mass is 223 g/mol. The van der Waals surface area contributed by atoms with Gasteiger partial charge in [-0.1, -0.05) is 5.92 Å². The van der Waals surface area contributed by atoms with E-state index >= 15 is 0 Å². The zero-order valence-electron chi connectivity index (χ0n) is 10.5. The maximum absolute atomic E-state index is 11.8. The van der Waals surface area contributed by atoms with Gasteiger partial charge in [-0.25, -0.2) is 0 Å². The van der Waals surface area contributed by atoms with Crippen LogP contribution in [0.25, 0.3) is 0 Å². The van der Waals surface area contributed by atoms with Crippen LogP contribution in [0.1, 0.15) is 33.6 Å². The Morgan fingerprint density at radius 1 is 1.50 bits per heavy atom. The minimum atomic E-state index is -0.281. The lowest BCUT2D eigenvalue weighted by Gasteiger charge is -2.24. The number of amides is 1. The molecule has 1 fully saturated rings. The molecular formula is C13H21NO2. The fourth-order valence-corrected chi connectivity index (χ4v) is 1.35. The molecule has 16 heavy (non-hydrogen) atoms. The molecule has 0 aromatic rings. The molecule has 3 heteroatoms. The molecule has 0 spiro atoms. The Morgan fingerprint density at radius 3 is 2.56 bits per heavy atom. The Bertz CT molecular complexity index is 281. The van der Waals surface area contributed by atoms with Crippen LogP contribution in [-0.2, 0) is 9.53 Å². The van der Waals surface area contributed by atoms with Gasteiger partial charge in [0.25, 0.3) is 0 Å². The third-order valence-corrected chi connectivity index (χ3v) is 2.44. The summed E-state index contributed by atoms with van der Waals surface area (Å²) in [5.41, 5.74) is -0.281. The number of ether oxygens (including phenoxy) is 1. The molecule has 0 unspecified atom stereocenters. The van der Waals surface area contributed by atoms with Gasteiger partial charge in [-0.2, -0.15) is 0 Å². The Kier molecular flexibility index (Phi) is 4.37. The van der Waals surface area contributed by atoms with E-state index in [1.165, 1.54) is 12.8 Å². The molecule has 0 N–H and O–H groups in total. The lowest BCUT2D eigenvalue weighted by atomic mass is 10.2.